The zero-order chi connectivity index (χ0) is 22.8. The van der Waals surface area contributed by atoms with Crippen molar-refractivity contribution in [2.24, 2.45) is 5.11 Å². The largest absolute Gasteiger partial charge is 0.463 e. The highest BCUT2D eigenvalue weighted by Gasteiger charge is 2.52. The quantitative estimate of drug-likeness (QED) is 0.172. The summed E-state index contributed by atoms with van der Waals surface area (Å²) in [7, 11) is 0. The van der Waals surface area contributed by atoms with Crippen molar-refractivity contribution in [2.45, 2.75) is 58.3 Å². The van der Waals surface area contributed by atoms with Crippen molar-refractivity contribution in [2.75, 3.05) is 13.2 Å². The lowest BCUT2D eigenvalue weighted by atomic mass is 9.97. The van der Waals surface area contributed by atoms with Gasteiger partial charge in [-0.1, -0.05) is 5.11 Å². The molecule has 1 aliphatic rings. The highest BCUT2D eigenvalue weighted by molar-refractivity contribution is 5.78. The summed E-state index contributed by atoms with van der Waals surface area (Å²) in [5.41, 5.74) is 8.34. The molecule has 30 heavy (non-hydrogen) atoms. The van der Waals surface area contributed by atoms with Gasteiger partial charge in [0.25, 0.3) is 0 Å². The lowest BCUT2D eigenvalue weighted by Gasteiger charge is -2.44. The standard InChI is InChI=1S/C16H22N4O10/c1-7(21)26-6-11-13(27-8(2)22)14(28-9(3)23)15(29-10(4)24)16(30-11)19-12(25)5-18-20-17/h11,13-16H,5-6H2,1-4H3,(H,19,25)/t11-,13-,14+,15+,16-/m1/s1. The monoisotopic (exact) mass is 430 g/mol. The third kappa shape index (κ3) is 7.93. The van der Waals surface area contributed by atoms with Crippen LogP contribution in [0, 0.1) is 0 Å². The van der Waals surface area contributed by atoms with Gasteiger partial charge in [0.1, 0.15) is 19.3 Å². The molecule has 1 saturated heterocycles. The normalized spacial score (nSPS) is 25.1. The van der Waals surface area contributed by atoms with Crippen LogP contribution in [0.5, 0.6) is 0 Å². The van der Waals surface area contributed by atoms with Gasteiger partial charge in [-0.15, -0.1) is 0 Å². The van der Waals surface area contributed by atoms with E-state index in [0.717, 1.165) is 27.7 Å². The number of nitrogens with one attached hydrogen (secondary N) is 1. The number of carbonyl (C=O) groups excluding carboxylic acids is 5. The summed E-state index contributed by atoms with van der Waals surface area (Å²) in [6.07, 6.45) is -6.78. The molecule has 1 amide bonds. The topological polar surface area (TPSA) is 192 Å². The lowest BCUT2D eigenvalue weighted by molar-refractivity contribution is -0.256. The van der Waals surface area contributed by atoms with Gasteiger partial charge in [0.2, 0.25) is 5.91 Å². The van der Waals surface area contributed by atoms with Crippen LogP contribution in [0.1, 0.15) is 27.7 Å². The highest BCUT2D eigenvalue weighted by Crippen LogP contribution is 2.28. The molecule has 1 N–H and O–H groups in total. The predicted octanol–water partition coefficient (Wildman–Crippen LogP) is -0.504. The first-order valence-corrected chi connectivity index (χ1v) is 8.65. The fraction of sp³-hybridized carbons (Fsp3) is 0.688. The molecule has 1 rings (SSSR count). The van der Waals surface area contributed by atoms with Crippen LogP contribution in [0.2, 0.25) is 0 Å². The number of nitrogens with zero attached hydrogens (tertiary/aromatic N) is 3. The second-order valence-electron chi connectivity index (χ2n) is 6.08. The van der Waals surface area contributed by atoms with Gasteiger partial charge in [0, 0.05) is 32.6 Å². The Labute approximate surface area is 170 Å². The van der Waals surface area contributed by atoms with Crippen LogP contribution < -0.4 is 5.32 Å². The van der Waals surface area contributed by atoms with Gasteiger partial charge in [0.05, 0.1) is 0 Å². The van der Waals surface area contributed by atoms with E-state index in [1.54, 1.807) is 0 Å². The zero-order valence-electron chi connectivity index (χ0n) is 16.7. The summed E-state index contributed by atoms with van der Waals surface area (Å²) in [6, 6.07) is 0. The Morgan fingerprint density at radius 1 is 0.900 bits per heavy atom. The predicted molar refractivity (Wildman–Crippen MR) is 94.1 cm³/mol. The molecule has 14 nitrogen and oxygen atoms in total. The first-order valence-electron chi connectivity index (χ1n) is 8.65. The summed E-state index contributed by atoms with van der Waals surface area (Å²) >= 11 is 0. The molecular formula is C16H22N4O10. The summed E-state index contributed by atoms with van der Waals surface area (Å²) in [4.78, 5) is 60.5. The average molecular weight is 430 g/mol. The molecule has 1 aliphatic heterocycles. The Morgan fingerprint density at radius 2 is 1.43 bits per heavy atom. The molecule has 0 aliphatic carbocycles. The van der Waals surface area contributed by atoms with E-state index in [2.05, 4.69) is 15.3 Å². The third-order valence-electron chi connectivity index (χ3n) is 3.57. The molecule has 5 atom stereocenters. The van der Waals surface area contributed by atoms with E-state index in [1.807, 2.05) is 0 Å². The molecule has 14 heteroatoms. The summed E-state index contributed by atoms with van der Waals surface area (Å²) in [5.74, 6) is -3.86. The van der Waals surface area contributed by atoms with Crippen molar-refractivity contribution in [1.29, 1.82) is 0 Å². The minimum absolute atomic E-state index is 0.430. The Morgan fingerprint density at radius 3 is 1.93 bits per heavy atom. The Bertz CT molecular complexity index is 736. The van der Waals surface area contributed by atoms with Gasteiger partial charge in [-0.3, -0.25) is 24.0 Å². The SMILES string of the molecule is CC(=O)OC[C@H]1O[C@@H](NC(=O)CN=[N+]=[N-])[C@@H](OC(C)=O)[C@@H](OC(C)=O)[C@@H]1OC(C)=O. The van der Waals surface area contributed by atoms with E-state index in [4.69, 9.17) is 29.2 Å². The van der Waals surface area contributed by atoms with Gasteiger partial charge < -0.3 is 29.0 Å². The fourth-order valence-corrected chi connectivity index (χ4v) is 2.64. The van der Waals surface area contributed by atoms with E-state index in [9.17, 15) is 24.0 Å². The summed E-state index contributed by atoms with van der Waals surface area (Å²) in [6.45, 7) is 3.33. The Hall–Kier alpha value is -3.38. The van der Waals surface area contributed by atoms with Crippen LogP contribution in [0.25, 0.3) is 10.4 Å². The van der Waals surface area contributed by atoms with Gasteiger partial charge in [-0.25, -0.2) is 0 Å². The van der Waals surface area contributed by atoms with Crippen LogP contribution in [0.4, 0.5) is 0 Å². The minimum Gasteiger partial charge on any atom is -0.463 e. The van der Waals surface area contributed by atoms with E-state index in [-0.39, 0.29) is 0 Å². The molecule has 1 heterocycles. The molecule has 0 aromatic rings. The van der Waals surface area contributed by atoms with Crippen molar-refractivity contribution in [3.05, 3.63) is 10.4 Å². The molecule has 0 saturated carbocycles. The van der Waals surface area contributed by atoms with Gasteiger partial charge in [-0.05, 0) is 5.53 Å². The van der Waals surface area contributed by atoms with Crippen molar-refractivity contribution < 1.29 is 47.7 Å². The summed E-state index contributed by atoms with van der Waals surface area (Å²) < 4.78 is 26.1. The van der Waals surface area contributed by atoms with Crippen LogP contribution in [-0.4, -0.2) is 73.6 Å². The smallest absolute Gasteiger partial charge is 0.303 e. The number of hydrogen-bond acceptors (Lipinski definition) is 11. The van der Waals surface area contributed by atoms with Crippen LogP contribution in [-0.2, 0) is 47.7 Å². The van der Waals surface area contributed by atoms with Crippen molar-refractivity contribution in [3.63, 3.8) is 0 Å². The molecule has 0 aromatic heterocycles. The number of esters is 4. The van der Waals surface area contributed by atoms with Crippen LogP contribution in [0.3, 0.4) is 0 Å². The van der Waals surface area contributed by atoms with Gasteiger partial charge >= 0.3 is 23.9 Å². The highest BCUT2D eigenvalue weighted by atomic mass is 16.7. The van der Waals surface area contributed by atoms with Crippen molar-refractivity contribution >= 4 is 29.8 Å². The number of rotatable bonds is 8. The van der Waals surface area contributed by atoms with E-state index < -0.39 is 73.6 Å². The first kappa shape index (κ1) is 24.7. The Kier molecular flexibility index (Phi) is 9.52. The van der Waals surface area contributed by atoms with Crippen molar-refractivity contribution in [1.82, 2.24) is 5.32 Å². The van der Waals surface area contributed by atoms with E-state index in [0.29, 0.717) is 0 Å². The lowest BCUT2D eigenvalue weighted by Crippen LogP contribution is -2.66. The number of ether oxygens (including phenoxy) is 5. The van der Waals surface area contributed by atoms with Crippen LogP contribution in [0.15, 0.2) is 5.11 Å². The van der Waals surface area contributed by atoms with Gasteiger partial charge in [-0.2, -0.15) is 0 Å². The van der Waals surface area contributed by atoms with E-state index >= 15 is 0 Å². The molecule has 0 bridgehead atoms. The Balaban J connectivity index is 3.31. The fourth-order valence-electron chi connectivity index (χ4n) is 2.64. The molecule has 0 unspecified atom stereocenters. The minimum atomic E-state index is -1.43. The maximum Gasteiger partial charge on any atom is 0.303 e. The van der Waals surface area contributed by atoms with E-state index in [1.165, 1.54) is 0 Å². The van der Waals surface area contributed by atoms with Crippen molar-refractivity contribution in [3.8, 4) is 0 Å². The first-order chi connectivity index (χ1) is 14.0. The molecule has 166 valence electrons. The molecule has 0 radical (unpaired) electrons. The molecule has 0 aromatic carbocycles. The maximum absolute atomic E-state index is 12.0. The third-order valence-corrected chi connectivity index (χ3v) is 3.57. The molecular weight excluding hydrogens is 408 g/mol. The number of azide groups is 1. The van der Waals surface area contributed by atoms with Gasteiger partial charge in [0.15, 0.2) is 24.5 Å². The molecule has 0 spiro atoms. The van der Waals surface area contributed by atoms with Crippen LogP contribution >= 0.6 is 0 Å². The number of hydrogen-bond donors (Lipinski definition) is 1. The number of carbonyl (C=O) groups is 5. The second-order valence-corrected chi connectivity index (χ2v) is 6.08. The summed E-state index contributed by atoms with van der Waals surface area (Å²) in [5, 5.41) is 5.43. The average Bonchev–Trinajstić information content (AvgIpc) is 2.62. The second kappa shape index (κ2) is 11.6. The molecule has 1 fully saturated rings. The maximum atomic E-state index is 12.0. The number of amides is 1. The zero-order valence-corrected chi connectivity index (χ0v) is 16.7.